The second kappa shape index (κ2) is 15.0. The number of fused-ring (bicyclic) bond motifs is 5. The Morgan fingerprint density at radius 1 is 0.966 bits per heavy atom. The van der Waals surface area contributed by atoms with Crippen molar-refractivity contribution in [3.05, 3.63) is 83.1 Å². The molecule has 1 aliphatic heterocycles. The van der Waals surface area contributed by atoms with Crippen molar-refractivity contribution in [1.82, 2.24) is 5.32 Å². The first-order chi connectivity index (χ1) is 27.0. The van der Waals surface area contributed by atoms with Gasteiger partial charge in [-0.2, -0.15) is 0 Å². The van der Waals surface area contributed by atoms with E-state index in [1.54, 1.807) is 69.3 Å². The second-order valence-electron chi connectivity index (χ2n) is 17.5. The molecule has 15 heteroatoms. The van der Waals surface area contributed by atoms with Crippen LogP contribution in [0.2, 0.25) is 0 Å². The van der Waals surface area contributed by atoms with Gasteiger partial charge in [0.1, 0.15) is 29.2 Å². The van der Waals surface area contributed by atoms with Gasteiger partial charge in [0, 0.05) is 25.2 Å². The summed E-state index contributed by atoms with van der Waals surface area (Å²) in [6, 6.07) is 14.5. The molecule has 6 rings (SSSR count). The summed E-state index contributed by atoms with van der Waals surface area (Å²) < 4.78 is 29.3. The van der Waals surface area contributed by atoms with Gasteiger partial charge in [0.2, 0.25) is 11.6 Å². The number of nitrogens with one attached hydrogen (secondary N) is 1. The van der Waals surface area contributed by atoms with Gasteiger partial charge in [-0.05, 0) is 57.9 Å². The maximum Gasteiger partial charge on any atom is 0.408 e. The third-order valence-electron chi connectivity index (χ3n) is 12.4. The van der Waals surface area contributed by atoms with Gasteiger partial charge >= 0.3 is 24.0 Å². The van der Waals surface area contributed by atoms with Crippen molar-refractivity contribution in [3.63, 3.8) is 0 Å². The lowest BCUT2D eigenvalue weighted by Crippen LogP contribution is -2.81. The maximum atomic E-state index is 14.9. The van der Waals surface area contributed by atoms with Gasteiger partial charge in [-0.1, -0.05) is 62.4 Å². The van der Waals surface area contributed by atoms with E-state index in [-0.39, 0.29) is 29.9 Å². The Morgan fingerprint density at radius 2 is 1.57 bits per heavy atom. The molecule has 312 valence electrons. The molecule has 2 aromatic carbocycles. The molecule has 1 unspecified atom stereocenters. The van der Waals surface area contributed by atoms with Crippen molar-refractivity contribution in [2.45, 2.75) is 115 Å². The van der Waals surface area contributed by atoms with E-state index in [9.17, 15) is 44.1 Å². The van der Waals surface area contributed by atoms with E-state index in [1.165, 1.54) is 39.8 Å². The summed E-state index contributed by atoms with van der Waals surface area (Å²) in [7, 11) is 0. The fourth-order valence-corrected chi connectivity index (χ4v) is 9.40. The molecule has 58 heavy (non-hydrogen) atoms. The molecule has 0 spiro atoms. The second-order valence-corrected chi connectivity index (χ2v) is 17.5. The predicted octanol–water partition coefficient (Wildman–Crippen LogP) is 3.67. The smallest absolute Gasteiger partial charge is 0.408 e. The molecule has 15 nitrogen and oxygen atoms in total. The molecule has 2 aromatic rings. The molecule has 4 aliphatic rings. The molecule has 0 aromatic heterocycles. The number of ketones is 2. The van der Waals surface area contributed by atoms with Crippen molar-refractivity contribution in [1.29, 1.82) is 0 Å². The fraction of sp³-hybridized carbons (Fsp3) is 0.535. The number of alkyl carbamates (subject to hydrolysis) is 1. The highest BCUT2D eigenvalue weighted by Gasteiger charge is 2.78. The Bertz CT molecular complexity index is 2020. The minimum atomic E-state index is -2.41. The number of carbonyl (C=O) groups is 6. The number of esters is 3. The Morgan fingerprint density at radius 3 is 2.12 bits per heavy atom. The Labute approximate surface area is 336 Å². The van der Waals surface area contributed by atoms with Gasteiger partial charge < -0.3 is 44.3 Å². The highest BCUT2D eigenvalue weighted by Crippen LogP contribution is 2.64. The number of ether oxygens (including phenoxy) is 5. The SMILES string of the molecule is CC(=O)O[C@@]12CO[C@@H]1C[C@H](O)[C@@]1(C)C(=O)C(=O)C3C(C)=C(OC(=O)[C@H](O)[C@@H](NC(=O)OC(C)(C)C)c4ccccc4)C[C@@](O)([C@@H](OC(=O)c4ccccc4)[C@H]21)C3(C)C. The van der Waals surface area contributed by atoms with Crippen molar-refractivity contribution in [2.24, 2.45) is 22.7 Å². The largest absolute Gasteiger partial charge is 0.455 e. The summed E-state index contributed by atoms with van der Waals surface area (Å²) in [6.45, 7) is 11.5. The predicted molar refractivity (Wildman–Crippen MR) is 202 cm³/mol. The van der Waals surface area contributed by atoms with E-state index in [2.05, 4.69) is 5.32 Å². The third kappa shape index (κ3) is 7.01. The standard InChI is InChI=1S/C43H51NO14/c1-22-26(55-37(51)32(48)30(24-15-11-9-12-16-24)44-38(52)58-39(3,4)5)20-43(53)35(56-36(50)25-17-13-10-14-18-25)33-41(8,34(49)31(47)29(22)40(43,6)7)27(46)19-28-42(33,21-54-28)57-23(2)45/h9-18,27-30,32-33,35,46,48,53H,19-21H2,1-8H3,(H,44,52)/t27-,28+,29?,30-,32+,33-,35-,41+,42-,43+/m0/s1. The average molecular weight is 806 g/mol. The molecule has 0 radical (unpaired) electrons. The number of aliphatic hydroxyl groups excluding tert-OH is 2. The zero-order valence-corrected chi connectivity index (χ0v) is 33.8. The van der Waals surface area contributed by atoms with Crippen LogP contribution in [0.4, 0.5) is 4.79 Å². The van der Waals surface area contributed by atoms with Crippen LogP contribution in [0.15, 0.2) is 72.0 Å². The summed E-state index contributed by atoms with van der Waals surface area (Å²) in [5, 5.41) is 39.3. The van der Waals surface area contributed by atoms with Crippen LogP contribution in [0.1, 0.15) is 90.2 Å². The molecule has 10 atom stereocenters. The summed E-state index contributed by atoms with van der Waals surface area (Å²) in [6.07, 6.45) is -8.31. The molecular weight excluding hydrogens is 754 g/mol. The first kappa shape index (κ1) is 42.6. The van der Waals surface area contributed by atoms with Crippen LogP contribution >= 0.6 is 0 Å². The van der Waals surface area contributed by atoms with Crippen LogP contribution in [-0.4, -0.2) is 98.7 Å². The first-order valence-electron chi connectivity index (χ1n) is 19.2. The van der Waals surface area contributed by atoms with Crippen LogP contribution in [-0.2, 0) is 42.9 Å². The lowest BCUT2D eigenvalue weighted by Gasteiger charge is -2.67. The van der Waals surface area contributed by atoms with Gasteiger partial charge in [-0.3, -0.25) is 14.4 Å². The zero-order chi connectivity index (χ0) is 42.7. The van der Waals surface area contributed by atoms with E-state index in [4.69, 9.17) is 23.7 Å². The number of Topliss-reactive ketones (excluding diaryl/α,β-unsaturated/α-hetero) is 2. The van der Waals surface area contributed by atoms with Gasteiger partial charge in [-0.15, -0.1) is 0 Å². The monoisotopic (exact) mass is 805 g/mol. The van der Waals surface area contributed by atoms with Crippen LogP contribution in [0.3, 0.4) is 0 Å². The van der Waals surface area contributed by atoms with Gasteiger partial charge in [0.15, 0.2) is 11.7 Å². The Hall–Kier alpha value is -4.96. The Kier molecular flexibility index (Phi) is 11.0. The number of rotatable bonds is 8. The van der Waals surface area contributed by atoms with Crippen molar-refractivity contribution in [3.8, 4) is 0 Å². The lowest BCUT2D eigenvalue weighted by atomic mass is 9.44. The van der Waals surface area contributed by atoms with E-state index in [1.807, 2.05) is 0 Å². The van der Waals surface area contributed by atoms with Crippen molar-refractivity contribution in [2.75, 3.05) is 6.61 Å². The Balaban J connectivity index is 1.49. The molecule has 2 bridgehead atoms. The minimum Gasteiger partial charge on any atom is -0.455 e. The molecule has 1 heterocycles. The number of aliphatic hydroxyl groups is 3. The van der Waals surface area contributed by atoms with Crippen LogP contribution in [0, 0.1) is 22.7 Å². The summed E-state index contributed by atoms with van der Waals surface area (Å²) in [4.78, 5) is 83.5. The summed E-state index contributed by atoms with van der Waals surface area (Å²) in [5.74, 6) is -8.57. The van der Waals surface area contributed by atoms with E-state index in [0.29, 0.717) is 5.56 Å². The summed E-state index contributed by atoms with van der Waals surface area (Å²) in [5.41, 5.74) is -8.44. The molecule has 4 N–H and O–H groups in total. The van der Waals surface area contributed by atoms with Crippen molar-refractivity contribution < 1.29 is 67.8 Å². The van der Waals surface area contributed by atoms with Gasteiger partial charge in [-0.25, -0.2) is 14.4 Å². The molecular formula is C43H51NO14. The number of hydrogen-bond donors (Lipinski definition) is 4. The normalized spacial score (nSPS) is 32.4. The quantitative estimate of drug-likeness (QED) is 0.170. The average Bonchev–Trinajstić information content (AvgIpc) is 3.14. The lowest BCUT2D eigenvalue weighted by molar-refractivity contribution is -0.345. The highest BCUT2D eigenvalue weighted by atomic mass is 16.6. The molecule has 3 aliphatic carbocycles. The van der Waals surface area contributed by atoms with Crippen molar-refractivity contribution >= 4 is 35.6 Å². The van der Waals surface area contributed by atoms with E-state index in [0.717, 1.165) is 6.92 Å². The van der Waals surface area contributed by atoms with Crippen LogP contribution in [0.25, 0.3) is 0 Å². The van der Waals surface area contributed by atoms with Gasteiger partial charge in [0.05, 0.1) is 41.6 Å². The topological polar surface area (TPSA) is 221 Å². The van der Waals surface area contributed by atoms with Crippen LogP contribution in [0.5, 0.6) is 0 Å². The zero-order valence-electron chi connectivity index (χ0n) is 33.8. The number of hydrogen-bond acceptors (Lipinski definition) is 14. The number of amides is 1. The number of allylic oxidation sites excluding steroid dienone is 1. The summed E-state index contributed by atoms with van der Waals surface area (Å²) >= 11 is 0. The third-order valence-corrected chi connectivity index (χ3v) is 12.4. The highest BCUT2D eigenvalue weighted by molar-refractivity contribution is 6.41. The van der Waals surface area contributed by atoms with E-state index < -0.39 is 112 Å². The molecule has 1 amide bonds. The maximum absolute atomic E-state index is 14.9. The van der Waals surface area contributed by atoms with Gasteiger partial charge in [0.25, 0.3) is 0 Å². The molecule has 3 fully saturated rings. The fourth-order valence-electron chi connectivity index (χ4n) is 9.40. The van der Waals surface area contributed by atoms with Crippen LogP contribution < -0.4 is 5.32 Å². The minimum absolute atomic E-state index is 0.0602. The number of benzene rings is 2. The first-order valence-corrected chi connectivity index (χ1v) is 19.2. The van der Waals surface area contributed by atoms with E-state index >= 15 is 0 Å². The molecule has 2 saturated carbocycles. The molecule has 1 saturated heterocycles. The number of carbonyl (C=O) groups excluding carboxylic acids is 6.